The topological polar surface area (TPSA) is 61.9 Å². The quantitative estimate of drug-likeness (QED) is 0.773. The van der Waals surface area contributed by atoms with Crippen molar-refractivity contribution in [3.8, 4) is 0 Å². The lowest BCUT2D eigenvalue weighted by atomic mass is 9.79. The monoisotopic (exact) mass is 405 g/mol. The van der Waals surface area contributed by atoms with Gasteiger partial charge in [0.1, 0.15) is 6.61 Å². The van der Waals surface area contributed by atoms with Crippen molar-refractivity contribution in [2.45, 2.75) is 18.5 Å². The van der Waals surface area contributed by atoms with Gasteiger partial charge in [-0.2, -0.15) is 0 Å². The maximum absolute atomic E-state index is 12.8. The van der Waals surface area contributed by atoms with Crippen LogP contribution in [-0.2, 0) is 4.74 Å². The van der Waals surface area contributed by atoms with E-state index in [4.69, 9.17) is 4.74 Å². The van der Waals surface area contributed by atoms with Gasteiger partial charge in [0.05, 0.1) is 12.1 Å². The summed E-state index contributed by atoms with van der Waals surface area (Å²) in [6, 6.07) is 15.9. The fourth-order valence-corrected chi connectivity index (χ4v) is 4.58. The van der Waals surface area contributed by atoms with Gasteiger partial charge in [-0.25, -0.2) is 4.79 Å². The highest BCUT2D eigenvalue weighted by atomic mass is 16.6. The van der Waals surface area contributed by atoms with Crippen molar-refractivity contribution in [1.29, 1.82) is 0 Å². The van der Waals surface area contributed by atoms with Gasteiger partial charge in [0.25, 0.3) is 5.91 Å². The number of hydrogen-bond donors (Lipinski definition) is 1. The van der Waals surface area contributed by atoms with Crippen LogP contribution in [0, 0.1) is 5.92 Å². The van der Waals surface area contributed by atoms with Crippen molar-refractivity contribution >= 4 is 17.7 Å². The van der Waals surface area contributed by atoms with Gasteiger partial charge >= 0.3 is 6.09 Å². The zero-order valence-electron chi connectivity index (χ0n) is 17.4. The lowest BCUT2D eigenvalue weighted by Gasteiger charge is -2.40. The Hall–Kier alpha value is -3.28. The van der Waals surface area contributed by atoms with E-state index in [1.165, 1.54) is 5.56 Å². The van der Waals surface area contributed by atoms with Crippen LogP contribution < -0.4 is 5.32 Å². The molecule has 2 amide bonds. The summed E-state index contributed by atoms with van der Waals surface area (Å²) in [5.41, 5.74) is 3.72. The first-order chi connectivity index (χ1) is 14.5. The number of hydrogen-bond acceptors (Lipinski definition) is 4. The van der Waals surface area contributed by atoms with Gasteiger partial charge in [0, 0.05) is 37.8 Å². The third kappa shape index (κ3) is 3.54. The molecule has 2 heterocycles. The van der Waals surface area contributed by atoms with Gasteiger partial charge in [-0.1, -0.05) is 43.0 Å². The molecule has 0 aromatic heterocycles. The maximum atomic E-state index is 12.8. The molecule has 1 saturated heterocycles. The van der Waals surface area contributed by atoms with Gasteiger partial charge < -0.3 is 19.9 Å². The molecule has 30 heavy (non-hydrogen) atoms. The summed E-state index contributed by atoms with van der Waals surface area (Å²) in [5.74, 6) is 0.124. The molecule has 1 N–H and O–H groups in total. The molecule has 2 aromatic carbocycles. The Balaban J connectivity index is 1.77. The van der Waals surface area contributed by atoms with Crippen LogP contribution in [0.25, 0.3) is 0 Å². The molecule has 3 atom stereocenters. The summed E-state index contributed by atoms with van der Waals surface area (Å²) in [6.07, 6.45) is 2.08. The summed E-state index contributed by atoms with van der Waals surface area (Å²) < 4.78 is 5.37. The highest BCUT2D eigenvalue weighted by Crippen LogP contribution is 2.51. The minimum absolute atomic E-state index is 0.0571. The first-order valence-corrected chi connectivity index (χ1v) is 10.2. The number of carbonyl (C=O) groups is 2. The van der Waals surface area contributed by atoms with E-state index >= 15 is 0 Å². The molecule has 1 fully saturated rings. The Kier molecular flexibility index (Phi) is 5.48. The second-order valence-electron chi connectivity index (χ2n) is 7.99. The molecule has 2 aliphatic rings. The van der Waals surface area contributed by atoms with Gasteiger partial charge in [-0.3, -0.25) is 4.79 Å². The molecular formula is C24H27N3O3. The summed E-state index contributed by atoms with van der Waals surface area (Å²) in [4.78, 5) is 28.7. The Morgan fingerprint density at radius 3 is 2.70 bits per heavy atom. The van der Waals surface area contributed by atoms with Crippen LogP contribution in [0.4, 0.5) is 10.5 Å². The molecule has 4 rings (SSSR count). The van der Waals surface area contributed by atoms with E-state index < -0.39 is 0 Å². The molecule has 0 spiro atoms. The van der Waals surface area contributed by atoms with Crippen LogP contribution in [0.5, 0.6) is 0 Å². The van der Waals surface area contributed by atoms with E-state index in [2.05, 4.69) is 24.0 Å². The van der Waals surface area contributed by atoms with Crippen molar-refractivity contribution in [2.75, 3.05) is 32.6 Å². The molecule has 0 saturated carbocycles. The second kappa shape index (κ2) is 8.22. The predicted octanol–water partition coefficient (Wildman–Crippen LogP) is 4.24. The summed E-state index contributed by atoms with van der Waals surface area (Å²) in [7, 11) is 3.48. The Labute approximate surface area is 177 Å². The van der Waals surface area contributed by atoms with Crippen molar-refractivity contribution in [3.63, 3.8) is 0 Å². The van der Waals surface area contributed by atoms with Crippen LogP contribution in [0.15, 0.2) is 61.2 Å². The molecule has 6 nitrogen and oxygen atoms in total. The van der Waals surface area contributed by atoms with E-state index in [0.717, 1.165) is 17.7 Å². The molecule has 156 valence electrons. The number of nitrogens with zero attached hydrogens (tertiary/aromatic N) is 2. The average Bonchev–Trinajstić information content (AvgIpc) is 3.22. The third-order valence-corrected chi connectivity index (χ3v) is 5.93. The number of nitrogens with one attached hydrogen (secondary N) is 1. The highest BCUT2D eigenvalue weighted by molar-refractivity contribution is 5.94. The summed E-state index contributed by atoms with van der Waals surface area (Å²) in [6.45, 7) is 4.42. The van der Waals surface area contributed by atoms with E-state index in [1.807, 2.05) is 36.4 Å². The van der Waals surface area contributed by atoms with E-state index in [0.29, 0.717) is 12.1 Å². The lowest BCUT2D eigenvalue weighted by molar-refractivity contribution is 0.0827. The SMILES string of the molecule is C=CCOC(=O)N1CCC2C(c3ccccc3)Nc3ccc(C(=O)N(C)C)cc3C21. The lowest BCUT2D eigenvalue weighted by Crippen LogP contribution is -2.38. The minimum atomic E-state index is -0.341. The summed E-state index contributed by atoms with van der Waals surface area (Å²) in [5, 5.41) is 3.66. The highest BCUT2D eigenvalue weighted by Gasteiger charge is 2.47. The van der Waals surface area contributed by atoms with Gasteiger partial charge in [-0.05, 0) is 35.7 Å². The second-order valence-corrected chi connectivity index (χ2v) is 7.99. The van der Waals surface area contributed by atoms with Crippen LogP contribution in [0.3, 0.4) is 0 Å². The largest absolute Gasteiger partial charge is 0.445 e. The fraction of sp³-hybridized carbons (Fsp3) is 0.333. The van der Waals surface area contributed by atoms with Gasteiger partial charge in [-0.15, -0.1) is 0 Å². The molecule has 0 aliphatic carbocycles. The average molecular weight is 405 g/mol. The summed E-state index contributed by atoms with van der Waals surface area (Å²) >= 11 is 0. The normalized spacial score (nSPS) is 21.8. The zero-order chi connectivity index (χ0) is 21.3. The van der Waals surface area contributed by atoms with Crippen molar-refractivity contribution in [3.05, 3.63) is 77.9 Å². The number of amides is 2. The minimum Gasteiger partial charge on any atom is -0.445 e. The Morgan fingerprint density at radius 2 is 2.00 bits per heavy atom. The number of benzene rings is 2. The predicted molar refractivity (Wildman–Crippen MR) is 116 cm³/mol. The van der Waals surface area contributed by atoms with Crippen LogP contribution in [-0.4, -0.2) is 49.0 Å². The van der Waals surface area contributed by atoms with E-state index in [-0.39, 0.29) is 36.6 Å². The molecule has 0 radical (unpaired) electrons. The first-order valence-electron chi connectivity index (χ1n) is 10.2. The van der Waals surface area contributed by atoms with Crippen LogP contribution in [0.2, 0.25) is 0 Å². The number of ether oxygens (including phenoxy) is 1. The number of rotatable bonds is 4. The Bertz CT molecular complexity index is 957. The standard InChI is InChI=1S/C24H27N3O3/c1-4-14-30-24(29)27-13-12-18-21(16-8-6-5-7-9-16)25-20-11-10-17(23(28)26(2)3)15-19(20)22(18)27/h4-11,15,18,21-22,25H,1,12-14H2,2-3H3. The molecule has 6 heteroatoms. The first kappa shape index (κ1) is 20.0. The van der Waals surface area contributed by atoms with Gasteiger partial charge in [0.2, 0.25) is 0 Å². The van der Waals surface area contributed by atoms with Gasteiger partial charge in [0.15, 0.2) is 0 Å². The van der Waals surface area contributed by atoms with Crippen molar-refractivity contribution in [2.24, 2.45) is 5.92 Å². The van der Waals surface area contributed by atoms with Crippen LogP contribution in [0.1, 0.15) is 40.0 Å². The van der Waals surface area contributed by atoms with E-state index in [9.17, 15) is 9.59 Å². The zero-order valence-corrected chi connectivity index (χ0v) is 17.4. The van der Waals surface area contributed by atoms with Crippen molar-refractivity contribution in [1.82, 2.24) is 9.80 Å². The van der Waals surface area contributed by atoms with Crippen molar-refractivity contribution < 1.29 is 14.3 Å². The van der Waals surface area contributed by atoms with Crippen LogP contribution >= 0.6 is 0 Å². The molecular weight excluding hydrogens is 378 g/mol. The maximum Gasteiger partial charge on any atom is 0.410 e. The molecule has 0 bridgehead atoms. The molecule has 3 unspecified atom stereocenters. The number of fused-ring (bicyclic) bond motifs is 3. The molecule has 2 aliphatic heterocycles. The third-order valence-electron chi connectivity index (χ3n) is 5.93. The smallest absolute Gasteiger partial charge is 0.410 e. The fourth-order valence-electron chi connectivity index (χ4n) is 4.58. The number of likely N-dealkylation sites (tertiary alicyclic amines) is 1. The number of anilines is 1. The Morgan fingerprint density at radius 1 is 1.23 bits per heavy atom. The van der Waals surface area contributed by atoms with E-state index in [1.54, 1.807) is 30.0 Å². The molecule has 2 aromatic rings. The number of carbonyl (C=O) groups excluding carboxylic acids is 2.